The Morgan fingerprint density at radius 1 is 1.31 bits per heavy atom. The largest absolute Gasteiger partial charge is 0.477 e. The molecule has 10 nitrogen and oxygen atoms in total. The molecule has 1 aromatic rings. The van der Waals surface area contributed by atoms with Crippen LogP contribution in [-0.2, 0) is 26.3 Å². The summed E-state index contributed by atoms with van der Waals surface area (Å²) in [5.41, 5.74) is 0.826. The fraction of sp³-hybridized carbons (Fsp3) is 0.545. The lowest BCUT2D eigenvalue weighted by Crippen LogP contribution is -2.63. The lowest BCUT2D eigenvalue weighted by atomic mass is 9.79. The number of aliphatic carboxylic acids is 1. The predicted octanol–water partition coefficient (Wildman–Crippen LogP) is 1.62. The minimum absolute atomic E-state index is 0.0290. The third-order valence-electron chi connectivity index (χ3n) is 6.92. The van der Waals surface area contributed by atoms with Crippen molar-refractivity contribution in [3.05, 3.63) is 44.4 Å². The molecule has 1 amide bonds. The van der Waals surface area contributed by atoms with Crippen LogP contribution in [0.5, 0.6) is 0 Å². The van der Waals surface area contributed by atoms with Gasteiger partial charge < -0.3 is 15.1 Å². The summed E-state index contributed by atoms with van der Waals surface area (Å²) in [4.78, 5) is 28.7. The van der Waals surface area contributed by atoms with Gasteiger partial charge in [-0.25, -0.2) is 14.7 Å². The summed E-state index contributed by atoms with van der Waals surface area (Å²) in [6.45, 7) is 4.48. The molecular formula is C22H28Cl2N4O6S2. The van der Waals surface area contributed by atoms with Crippen molar-refractivity contribution in [2.24, 2.45) is 17.0 Å². The molecule has 36 heavy (non-hydrogen) atoms. The van der Waals surface area contributed by atoms with Crippen LogP contribution in [0.25, 0.3) is 0 Å². The second-order valence-corrected chi connectivity index (χ2v) is 13.1. The molecule has 1 aromatic carbocycles. The van der Waals surface area contributed by atoms with Crippen LogP contribution in [-0.4, -0.2) is 76.8 Å². The number of carboxylic acids is 1. The number of carboxylic acid groups (broad SMARTS) is 1. The fourth-order valence-corrected chi connectivity index (χ4v) is 8.03. The Balaban J connectivity index is 1.56. The van der Waals surface area contributed by atoms with E-state index in [1.165, 1.54) is 23.6 Å². The molecule has 0 saturated carbocycles. The van der Waals surface area contributed by atoms with E-state index in [4.69, 9.17) is 28.3 Å². The zero-order chi connectivity index (χ0) is 26.5. The Bertz CT molecular complexity index is 1190. The van der Waals surface area contributed by atoms with Gasteiger partial charge >= 0.3 is 5.97 Å². The molecule has 6 atom stereocenters. The molecule has 2 fully saturated rings. The normalized spacial score (nSPS) is 29.4. The van der Waals surface area contributed by atoms with Crippen molar-refractivity contribution in [2.75, 3.05) is 13.1 Å². The van der Waals surface area contributed by atoms with Crippen molar-refractivity contribution in [3.8, 4) is 0 Å². The van der Waals surface area contributed by atoms with Crippen molar-refractivity contribution < 1.29 is 28.2 Å². The quantitative estimate of drug-likeness (QED) is 0.322. The second kappa shape index (κ2) is 10.4. The summed E-state index contributed by atoms with van der Waals surface area (Å²) in [6, 6.07) is 4.59. The van der Waals surface area contributed by atoms with Crippen LogP contribution in [0.2, 0.25) is 10.0 Å². The standard InChI is InChI=1S/C22H28Cl2N4O6S2/c1-10-18-17(11(2)29)21(30)28(18)19(22(31)32)20(10)35-16-6-15(7-26-36(25,33)34)27(9-16)8-12-3-13(23)5-14(24)4-12/h3-5,10-11,15-18,26,29H,6-9H2,1-2H3,(H,31,32)(H2,25,33,34)/t10-,11-,15+,16+,17-,18-/m1/s1. The van der Waals surface area contributed by atoms with Gasteiger partial charge in [-0.2, -0.15) is 8.42 Å². The van der Waals surface area contributed by atoms with Crippen LogP contribution in [0, 0.1) is 11.8 Å². The van der Waals surface area contributed by atoms with E-state index in [0.717, 1.165) is 5.56 Å². The molecule has 3 aliphatic rings. The fourth-order valence-electron chi connectivity index (χ4n) is 5.44. The Kier molecular flexibility index (Phi) is 8.00. The Morgan fingerprint density at radius 2 is 1.94 bits per heavy atom. The monoisotopic (exact) mass is 578 g/mol. The maximum Gasteiger partial charge on any atom is 0.353 e. The Morgan fingerprint density at radius 3 is 2.50 bits per heavy atom. The molecule has 0 aromatic heterocycles. The molecule has 2 saturated heterocycles. The van der Waals surface area contributed by atoms with Crippen LogP contribution >= 0.6 is 35.0 Å². The first-order chi connectivity index (χ1) is 16.8. The first-order valence-corrected chi connectivity index (χ1v) is 14.6. The average molecular weight is 580 g/mol. The van der Waals surface area contributed by atoms with E-state index in [0.29, 0.717) is 34.5 Å². The smallest absolute Gasteiger partial charge is 0.353 e. The minimum atomic E-state index is -3.90. The summed E-state index contributed by atoms with van der Waals surface area (Å²) in [5, 5.41) is 26.0. The van der Waals surface area contributed by atoms with Crippen molar-refractivity contribution in [2.45, 2.75) is 50.3 Å². The molecule has 3 heterocycles. The van der Waals surface area contributed by atoms with Crippen molar-refractivity contribution in [3.63, 3.8) is 0 Å². The molecule has 14 heteroatoms. The summed E-state index contributed by atoms with van der Waals surface area (Å²) in [5.74, 6) is -2.44. The number of nitrogens with zero attached hydrogens (tertiary/aromatic N) is 2. The number of fused-ring (bicyclic) bond motifs is 1. The van der Waals surface area contributed by atoms with Gasteiger partial charge in [0.25, 0.3) is 10.2 Å². The number of aliphatic hydroxyl groups is 1. The summed E-state index contributed by atoms with van der Waals surface area (Å²) < 4.78 is 25.4. The maximum atomic E-state index is 12.6. The third-order valence-corrected chi connectivity index (χ3v) is 9.42. The van der Waals surface area contributed by atoms with E-state index in [9.17, 15) is 28.2 Å². The zero-order valence-corrected chi connectivity index (χ0v) is 22.7. The van der Waals surface area contributed by atoms with E-state index < -0.39 is 34.2 Å². The van der Waals surface area contributed by atoms with Gasteiger partial charge in [-0.1, -0.05) is 30.1 Å². The Hall–Kier alpha value is -1.38. The Labute approximate surface area is 224 Å². The third kappa shape index (κ3) is 5.56. The number of amides is 1. The molecule has 4 rings (SSSR count). The maximum absolute atomic E-state index is 12.6. The van der Waals surface area contributed by atoms with Crippen molar-refractivity contribution in [1.82, 2.24) is 14.5 Å². The molecule has 0 unspecified atom stereocenters. The number of likely N-dealkylation sites (tertiary alicyclic amines) is 1. The highest BCUT2D eigenvalue weighted by molar-refractivity contribution is 8.03. The highest BCUT2D eigenvalue weighted by Crippen LogP contribution is 2.52. The number of aliphatic hydroxyl groups excluding tert-OH is 1. The van der Waals surface area contributed by atoms with Gasteiger partial charge in [0.1, 0.15) is 5.70 Å². The number of nitrogens with two attached hydrogens (primary N) is 1. The lowest BCUT2D eigenvalue weighted by molar-refractivity contribution is -0.163. The number of rotatable bonds is 9. The molecule has 3 aliphatic heterocycles. The number of halogens is 2. The predicted molar refractivity (Wildman–Crippen MR) is 137 cm³/mol. The summed E-state index contributed by atoms with van der Waals surface area (Å²) in [7, 11) is -3.90. The summed E-state index contributed by atoms with van der Waals surface area (Å²) >= 11 is 13.7. The van der Waals surface area contributed by atoms with Gasteiger partial charge in [-0.3, -0.25) is 9.69 Å². The number of carbonyl (C=O) groups is 2. The zero-order valence-electron chi connectivity index (χ0n) is 19.6. The molecular weight excluding hydrogens is 551 g/mol. The number of nitrogens with one attached hydrogen (secondary N) is 1. The van der Waals surface area contributed by atoms with Gasteiger partial charge in [0.15, 0.2) is 0 Å². The van der Waals surface area contributed by atoms with E-state index in [-0.39, 0.29) is 35.4 Å². The van der Waals surface area contributed by atoms with Crippen molar-refractivity contribution >= 4 is 57.0 Å². The highest BCUT2D eigenvalue weighted by atomic mass is 35.5. The molecule has 0 bridgehead atoms. The number of β-lactam (4-membered cyclic amide) rings is 1. The summed E-state index contributed by atoms with van der Waals surface area (Å²) in [6.07, 6.45) is -0.316. The van der Waals surface area contributed by atoms with Crippen LogP contribution in [0.3, 0.4) is 0 Å². The van der Waals surface area contributed by atoms with Crippen LogP contribution in [0.15, 0.2) is 28.8 Å². The van der Waals surface area contributed by atoms with Gasteiger partial charge in [0.05, 0.1) is 18.1 Å². The molecule has 0 aliphatic carbocycles. The molecule has 0 spiro atoms. The van der Waals surface area contributed by atoms with Crippen molar-refractivity contribution in [1.29, 1.82) is 0 Å². The topological polar surface area (TPSA) is 153 Å². The second-order valence-electron chi connectivity index (χ2n) is 9.50. The molecule has 198 valence electrons. The van der Waals surface area contributed by atoms with E-state index in [1.54, 1.807) is 18.2 Å². The molecule has 0 radical (unpaired) electrons. The van der Waals surface area contributed by atoms with Crippen LogP contribution in [0.1, 0.15) is 25.8 Å². The van der Waals surface area contributed by atoms with Gasteiger partial charge in [-0.05, 0) is 37.1 Å². The van der Waals surface area contributed by atoms with Crippen LogP contribution < -0.4 is 9.86 Å². The van der Waals surface area contributed by atoms with Gasteiger partial charge in [-0.15, -0.1) is 11.8 Å². The van der Waals surface area contributed by atoms with Gasteiger partial charge in [0, 0.05) is 51.8 Å². The average Bonchev–Trinajstić information content (AvgIpc) is 3.21. The first-order valence-electron chi connectivity index (χ1n) is 11.4. The number of carbonyl (C=O) groups excluding carboxylic acids is 1. The molecule has 5 N–H and O–H groups in total. The number of hydrogen-bond donors (Lipinski definition) is 4. The number of thioether (sulfide) groups is 1. The van der Waals surface area contributed by atoms with Crippen LogP contribution in [0.4, 0.5) is 0 Å². The SMILES string of the molecule is C[C@@H](O)[C@H]1C(=O)N2C(C(=O)O)=C(S[C@H]3C[C@@H](CNS(N)(=O)=O)N(Cc4cc(Cl)cc(Cl)c4)C3)[C@H](C)[C@H]12. The van der Waals surface area contributed by atoms with E-state index in [2.05, 4.69) is 9.62 Å². The van der Waals surface area contributed by atoms with E-state index in [1.807, 2.05) is 6.92 Å². The number of hydrogen-bond acceptors (Lipinski definition) is 7. The first kappa shape index (κ1) is 27.6. The number of benzene rings is 1. The lowest BCUT2D eigenvalue weighted by Gasteiger charge is -2.46. The highest BCUT2D eigenvalue weighted by Gasteiger charge is 2.60. The van der Waals surface area contributed by atoms with E-state index >= 15 is 0 Å². The minimum Gasteiger partial charge on any atom is -0.477 e. The van der Waals surface area contributed by atoms with Gasteiger partial charge in [0.2, 0.25) is 5.91 Å².